The zero-order valence-electron chi connectivity index (χ0n) is 19.3. The van der Waals surface area contributed by atoms with Gasteiger partial charge in [0.2, 0.25) is 0 Å². The molecular formula is C26H30N2O5. The highest BCUT2D eigenvalue weighted by Gasteiger charge is 2.45. The van der Waals surface area contributed by atoms with Gasteiger partial charge in [-0.05, 0) is 69.0 Å². The Morgan fingerprint density at radius 3 is 2.52 bits per heavy atom. The molecule has 0 aliphatic carbocycles. The number of hydrogen-bond acceptors (Lipinski definition) is 6. The average Bonchev–Trinajstić information content (AvgIpc) is 3.07. The molecule has 1 amide bonds. The molecule has 1 N–H and O–H groups in total. The van der Waals surface area contributed by atoms with E-state index in [9.17, 15) is 14.7 Å². The number of carbonyl (C=O) groups excluding carboxylic acids is 2. The molecule has 1 saturated heterocycles. The third-order valence-electron chi connectivity index (χ3n) is 5.45. The summed E-state index contributed by atoms with van der Waals surface area (Å²) in [6.07, 6.45) is 2.33. The number of benzene rings is 2. The summed E-state index contributed by atoms with van der Waals surface area (Å²) in [7, 11) is 5.46. The Labute approximate surface area is 194 Å². The summed E-state index contributed by atoms with van der Waals surface area (Å²) in [5.74, 6) is -0.314. The maximum absolute atomic E-state index is 13.1. The van der Waals surface area contributed by atoms with Crippen molar-refractivity contribution in [2.45, 2.75) is 12.5 Å². The third-order valence-corrected chi connectivity index (χ3v) is 5.45. The molecule has 3 rings (SSSR count). The number of methoxy groups -OCH3 is 1. The highest BCUT2D eigenvalue weighted by Crippen LogP contribution is 2.40. The summed E-state index contributed by atoms with van der Waals surface area (Å²) in [6, 6.07) is 13.2. The van der Waals surface area contributed by atoms with Crippen molar-refractivity contribution >= 4 is 17.4 Å². The van der Waals surface area contributed by atoms with E-state index in [4.69, 9.17) is 9.47 Å². The minimum Gasteiger partial charge on any atom is -0.507 e. The van der Waals surface area contributed by atoms with E-state index in [-0.39, 0.29) is 11.3 Å². The number of likely N-dealkylation sites (tertiary alicyclic amines) is 1. The van der Waals surface area contributed by atoms with Crippen molar-refractivity contribution in [2.24, 2.45) is 0 Å². The standard InChI is InChI=1S/C26H30N2O5/c1-5-16-33-21-9-6-8-19(17-21)23-22(24(29)18-10-12-20(32-4)13-11-18)25(30)26(31)28(23)15-7-14-27(2)3/h5-6,8-13,17,23,29H,1,7,14-16H2,2-4H3. The minimum atomic E-state index is -0.721. The number of nitrogens with zero attached hydrogens (tertiary/aromatic N) is 2. The zero-order chi connectivity index (χ0) is 24.0. The van der Waals surface area contributed by atoms with Gasteiger partial charge in [0.25, 0.3) is 11.7 Å². The monoisotopic (exact) mass is 450 g/mol. The molecular weight excluding hydrogens is 420 g/mol. The van der Waals surface area contributed by atoms with E-state index in [1.807, 2.05) is 25.1 Å². The number of aliphatic hydroxyl groups is 1. The van der Waals surface area contributed by atoms with E-state index in [0.29, 0.717) is 42.2 Å². The lowest BCUT2D eigenvalue weighted by atomic mass is 9.95. The molecule has 1 fully saturated rings. The van der Waals surface area contributed by atoms with Gasteiger partial charge in [0.1, 0.15) is 23.9 Å². The molecule has 7 heteroatoms. The number of rotatable bonds is 10. The molecule has 1 aliphatic heterocycles. The Balaban J connectivity index is 2.08. The fourth-order valence-corrected chi connectivity index (χ4v) is 3.85. The molecule has 33 heavy (non-hydrogen) atoms. The molecule has 1 atom stereocenters. The molecule has 1 aliphatic rings. The molecule has 2 aromatic rings. The fourth-order valence-electron chi connectivity index (χ4n) is 3.85. The summed E-state index contributed by atoms with van der Waals surface area (Å²) < 4.78 is 10.8. The Morgan fingerprint density at radius 2 is 1.88 bits per heavy atom. The maximum Gasteiger partial charge on any atom is 0.295 e. The average molecular weight is 451 g/mol. The highest BCUT2D eigenvalue weighted by molar-refractivity contribution is 6.46. The Morgan fingerprint density at radius 1 is 1.15 bits per heavy atom. The van der Waals surface area contributed by atoms with Crippen molar-refractivity contribution < 1.29 is 24.2 Å². The molecule has 1 unspecified atom stereocenters. The molecule has 1 heterocycles. The van der Waals surface area contributed by atoms with Crippen LogP contribution < -0.4 is 9.47 Å². The quantitative estimate of drug-likeness (QED) is 0.258. The Hall–Kier alpha value is -3.58. The number of Topliss-reactive ketones (excluding diaryl/α,β-unsaturated/α-hetero) is 1. The van der Waals surface area contributed by atoms with Crippen molar-refractivity contribution in [3.8, 4) is 11.5 Å². The van der Waals surface area contributed by atoms with Crippen molar-refractivity contribution in [2.75, 3.05) is 40.9 Å². The van der Waals surface area contributed by atoms with Gasteiger partial charge in [-0.15, -0.1) is 0 Å². The first-order valence-electron chi connectivity index (χ1n) is 10.8. The lowest BCUT2D eigenvalue weighted by molar-refractivity contribution is -0.139. The Kier molecular flexibility index (Phi) is 7.90. The molecule has 2 aromatic carbocycles. The van der Waals surface area contributed by atoms with Gasteiger partial charge in [0.05, 0.1) is 18.7 Å². The van der Waals surface area contributed by atoms with Crippen LogP contribution in [0.5, 0.6) is 11.5 Å². The number of amides is 1. The van der Waals surface area contributed by atoms with E-state index < -0.39 is 17.7 Å². The van der Waals surface area contributed by atoms with Gasteiger partial charge in [-0.3, -0.25) is 9.59 Å². The largest absolute Gasteiger partial charge is 0.507 e. The van der Waals surface area contributed by atoms with Crippen LogP contribution in [-0.2, 0) is 9.59 Å². The molecule has 174 valence electrons. The van der Waals surface area contributed by atoms with Gasteiger partial charge >= 0.3 is 0 Å². The second kappa shape index (κ2) is 10.8. The van der Waals surface area contributed by atoms with Crippen LogP contribution in [0.3, 0.4) is 0 Å². The van der Waals surface area contributed by atoms with Crippen LogP contribution >= 0.6 is 0 Å². The summed E-state index contributed by atoms with van der Waals surface area (Å²) >= 11 is 0. The second-order valence-corrected chi connectivity index (χ2v) is 8.05. The van der Waals surface area contributed by atoms with E-state index in [1.165, 1.54) is 4.90 Å². The van der Waals surface area contributed by atoms with Crippen LogP contribution in [0.1, 0.15) is 23.6 Å². The maximum atomic E-state index is 13.1. The third kappa shape index (κ3) is 5.43. The predicted molar refractivity (Wildman–Crippen MR) is 127 cm³/mol. The van der Waals surface area contributed by atoms with Crippen molar-refractivity contribution in [1.82, 2.24) is 9.80 Å². The van der Waals surface area contributed by atoms with E-state index >= 15 is 0 Å². The molecule has 0 radical (unpaired) electrons. The first-order chi connectivity index (χ1) is 15.9. The van der Waals surface area contributed by atoms with Crippen LogP contribution in [0.25, 0.3) is 5.76 Å². The topological polar surface area (TPSA) is 79.3 Å². The molecule has 0 bridgehead atoms. The van der Waals surface area contributed by atoms with Crippen molar-refractivity contribution in [3.63, 3.8) is 0 Å². The van der Waals surface area contributed by atoms with E-state index in [2.05, 4.69) is 6.58 Å². The van der Waals surface area contributed by atoms with Crippen LogP contribution in [0, 0.1) is 0 Å². The molecule has 7 nitrogen and oxygen atoms in total. The van der Waals surface area contributed by atoms with Gasteiger partial charge in [-0.25, -0.2) is 0 Å². The smallest absolute Gasteiger partial charge is 0.295 e. The van der Waals surface area contributed by atoms with Gasteiger partial charge in [0, 0.05) is 12.1 Å². The number of ether oxygens (including phenoxy) is 2. The normalized spacial score (nSPS) is 17.5. The summed E-state index contributed by atoms with van der Waals surface area (Å²) in [4.78, 5) is 29.7. The Bertz CT molecular complexity index is 1040. The molecule has 0 aromatic heterocycles. The first kappa shape index (κ1) is 24.1. The number of hydrogen-bond donors (Lipinski definition) is 1. The van der Waals surface area contributed by atoms with Gasteiger partial charge in [-0.1, -0.05) is 24.8 Å². The number of ketones is 1. The van der Waals surface area contributed by atoms with E-state index in [1.54, 1.807) is 55.7 Å². The van der Waals surface area contributed by atoms with Crippen LogP contribution in [-0.4, -0.2) is 67.5 Å². The lowest BCUT2D eigenvalue weighted by Crippen LogP contribution is -2.32. The number of aliphatic hydroxyl groups excluding tert-OH is 1. The van der Waals surface area contributed by atoms with Crippen LogP contribution in [0.4, 0.5) is 0 Å². The summed E-state index contributed by atoms with van der Waals surface area (Å²) in [5.41, 5.74) is 1.19. The molecule has 0 spiro atoms. The summed E-state index contributed by atoms with van der Waals surface area (Å²) in [6.45, 7) is 5.13. The van der Waals surface area contributed by atoms with Gasteiger partial charge < -0.3 is 24.4 Å². The SMILES string of the molecule is C=CCOc1cccc(C2C(=C(O)c3ccc(OC)cc3)C(=O)C(=O)N2CCCN(C)C)c1. The second-order valence-electron chi connectivity index (χ2n) is 8.05. The van der Waals surface area contributed by atoms with E-state index in [0.717, 1.165) is 6.54 Å². The zero-order valence-corrected chi connectivity index (χ0v) is 19.3. The van der Waals surface area contributed by atoms with Gasteiger partial charge in [0.15, 0.2) is 0 Å². The van der Waals surface area contributed by atoms with Crippen LogP contribution in [0.15, 0.2) is 66.8 Å². The number of carbonyl (C=O) groups is 2. The lowest BCUT2D eigenvalue weighted by Gasteiger charge is -2.26. The first-order valence-corrected chi connectivity index (χ1v) is 10.8. The van der Waals surface area contributed by atoms with Crippen LogP contribution in [0.2, 0.25) is 0 Å². The van der Waals surface area contributed by atoms with Gasteiger partial charge in [-0.2, -0.15) is 0 Å². The fraction of sp³-hybridized carbons (Fsp3) is 0.308. The molecule has 0 saturated carbocycles. The highest BCUT2D eigenvalue weighted by atomic mass is 16.5. The minimum absolute atomic E-state index is 0.0656. The van der Waals surface area contributed by atoms with Crippen molar-refractivity contribution in [1.29, 1.82) is 0 Å². The predicted octanol–water partition coefficient (Wildman–Crippen LogP) is 3.63. The summed E-state index contributed by atoms with van der Waals surface area (Å²) in [5, 5.41) is 11.1. The van der Waals surface area contributed by atoms with Crippen molar-refractivity contribution in [3.05, 3.63) is 77.9 Å².